The maximum absolute atomic E-state index is 13.2. The highest BCUT2D eigenvalue weighted by molar-refractivity contribution is 6.36. The number of aryl methyl sites for hydroxylation is 2. The summed E-state index contributed by atoms with van der Waals surface area (Å²) in [6.45, 7) is 4.56. The molecule has 2 aromatic carbocycles. The van der Waals surface area contributed by atoms with Crippen LogP contribution in [-0.4, -0.2) is 85.5 Å². The van der Waals surface area contributed by atoms with Crippen molar-refractivity contribution < 1.29 is 14.6 Å². The number of nitrogens with one attached hydrogen (secondary N) is 2. The van der Waals surface area contributed by atoms with Gasteiger partial charge in [-0.25, -0.2) is 19.6 Å². The van der Waals surface area contributed by atoms with Crippen LogP contribution in [0.4, 0.5) is 16.3 Å². The van der Waals surface area contributed by atoms with Crippen molar-refractivity contribution >= 4 is 40.0 Å². The van der Waals surface area contributed by atoms with Crippen LogP contribution in [0.5, 0.6) is 5.88 Å². The lowest BCUT2D eigenvalue weighted by Crippen LogP contribution is -2.61. The lowest BCUT2D eigenvalue weighted by molar-refractivity contribution is 0.127. The van der Waals surface area contributed by atoms with Gasteiger partial charge in [-0.05, 0) is 67.5 Å². The second-order valence-electron chi connectivity index (χ2n) is 14.6. The minimum atomic E-state index is -0.426. The number of anilines is 2. The number of fused-ring (bicyclic) bond motifs is 2. The second kappa shape index (κ2) is 13.9. The molecule has 280 valence electrons. The van der Waals surface area contributed by atoms with E-state index in [0.29, 0.717) is 40.7 Å². The van der Waals surface area contributed by atoms with E-state index in [2.05, 4.69) is 26.6 Å². The molecule has 13 nitrogen and oxygen atoms in total. The Labute approximate surface area is 317 Å². The third-order valence-electron chi connectivity index (χ3n) is 11.6. The van der Waals surface area contributed by atoms with E-state index < -0.39 is 11.2 Å². The smallest absolute Gasteiger partial charge is 0.330 e. The summed E-state index contributed by atoms with van der Waals surface area (Å²) in [4.78, 5) is 52.3. The lowest BCUT2D eigenvalue weighted by atomic mass is 9.92. The van der Waals surface area contributed by atoms with Crippen molar-refractivity contribution in [3.05, 3.63) is 97.3 Å². The van der Waals surface area contributed by atoms with Crippen LogP contribution in [0.2, 0.25) is 5.02 Å². The average molecular weight is 751 g/mol. The normalized spacial score (nSPS) is 19.8. The highest BCUT2D eigenvalue weighted by Crippen LogP contribution is 2.47. The first-order valence-electron chi connectivity index (χ1n) is 18.2. The summed E-state index contributed by atoms with van der Waals surface area (Å²) in [5, 5.41) is 16.8. The number of benzene rings is 2. The zero-order valence-electron chi connectivity index (χ0n) is 30.8. The summed E-state index contributed by atoms with van der Waals surface area (Å²) >= 11 is 7.26. The van der Waals surface area contributed by atoms with Crippen LogP contribution in [0.3, 0.4) is 0 Å². The fourth-order valence-electron chi connectivity index (χ4n) is 8.62. The van der Waals surface area contributed by atoms with E-state index >= 15 is 0 Å². The Hall–Kier alpha value is -5.24. The van der Waals surface area contributed by atoms with Crippen LogP contribution in [0.1, 0.15) is 42.0 Å². The van der Waals surface area contributed by atoms with Gasteiger partial charge in [0, 0.05) is 74.9 Å². The number of ether oxygens (including phenoxy) is 1. The molecule has 1 spiro atoms. The van der Waals surface area contributed by atoms with Crippen molar-refractivity contribution in [1.29, 1.82) is 0 Å². The van der Waals surface area contributed by atoms with E-state index in [9.17, 15) is 19.5 Å². The average Bonchev–Trinajstić information content (AvgIpc) is 3.79. The molecule has 5 heterocycles. The van der Waals surface area contributed by atoms with E-state index in [4.69, 9.17) is 21.3 Å². The second-order valence-corrected chi connectivity index (χ2v) is 14.9. The molecule has 14 heteroatoms. The fourth-order valence-corrected chi connectivity index (χ4v) is 8.94. The molecule has 3 aliphatic rings. The summed E-state index contributed by atoms with van der Waals surface area (Å²) in [5.41, 5.74) is 6.55. The van der Waals surface area contributed by atoms with Gasteiger partial charge in [0.1, 0.15) is 11.2 Å². The first-order valence-corrected chi connectivity index (χ1v) is 18.6. The number of hydrogen-bond donors (Lipinski definition) is 3. The Morgan fingerprint density at radius 2 is 1.80 bits per heavy atom. The summed E-state index contributed by atoms with van der Waals surface area (Å²) in [7, 11) is 4.75. The maximum atomic E-state index is 13.2. The Bertz CT molecular complexity index is 2450. The first kappa shape index (κ1) is 35.8. The monoisotopic (exact) mass is 750 g/mol. The highest BCUT2D eigenvalue weighted by Gasteiger charge is 2.46. The predicted octanol–water partition coefficient (Wildman–Crippen LogP) is 4.91. The molecular formula is C40H43ClN8O5. The van der Waals surface area contributed by atoms with Gasteiger partial charge in [-0.2, -0.15) is 0 Å². The van der Waals surface area contributed by atoms with Gasteiger partial charge in [0.2, 0.25) is 5.88 Å². The van der Waals surface area contributed by atoms with Crippen LogP contribution >= 0.6 is 11.6 Å². The van der Waals surface area contributed by atoms with Gasteiger partial charge >= 0.3 is 11.7 Å². The number of nitrogens with zero attached hydrogens (tertiary/aromatic N) is 6. The van der Waals surface area contributed by atoms with E-state index in [1.165, 1.54) is 17.2 Å². The van der Waals surface area contributed by atoms with E-state index in [0.717, 1.165) is 82.5 Å². The maximum Gasteiger partial charge on any atom is 0.330 e. The molecule has 5 aromatic rings. The Balaban J connectivity index is 1.09. The third-order valence-corrected chi connectivity index (χ3v) is 12.0. The molecular weight excluding hydrogens is 708 g/mol. The quantitative estimate of drug-likeness (QED) is 0.201. The molecule has 2 unspecified atom stereocenters. The Morgan fingerprint density at radius 1 is 1.04 bits per heavy atom. The fraction of sp³-hybridized carbons (Fsp3) is 0.375. The van der Waals surface area contributed by atoms with E-state index in [1.54, 1.807) is 31.3 Å². The summed E-state index contributed by atoms with van der Waals surface area (Å²) in [5.74, 6) is 0.941. The molecule has 2 amide bonds. The Kier molecular flexibility index (Phi) is 9.19. The van der Waals surface area contributed by atoms with E-state index in [1.807, 2.05) is 43.3 Å². The van der Waals surface area contributed by atoms with Crippen LogP contribution < -0.4 is 26.6 Å². The number of amides is 2. The van der Waals surface area contributed by atoms with Gasteiger partial charge < -0.3 is 25.4 Å². The predicted molar refractivity (Wildman–Crippen MR) is 209 cm³/mol. The molecule has 3 N–H and O–H groups in total. The van der Waals surface area contributed by atoms with Crippen LogP contribution in [0.25, 0.3) is 33.3 Å². The van der Waals surface area contributed by atoms with Gasteiger partial charge in [0.15, 0.2) is 0 Å². The topological polar surface area (TPSA) is 147 Å². The largest absolute Gasteiger partial charge is 0.481 e. The number of aliphatic hydroxyl groups is 1. The number of pyridine rings is 2. The number of urea groups is 1. The number of methoxy groups -OCH3 is 1. The number of aromatic nitrogens is 4. The van der Waals surface area contributed by atoms with Gasteiger partial charge in [-0.3, -0.25) is 18.8 Å². The minimum Gasteiger partial charge on any atom is -0.481 e. The summed E-state index contributed by atoms with van der Waals surface area (Å²) < 4.78 is 8.49. The van der Waals surface area contributed by atoms with Gasteiger partial charge in [0.25, 0.3) is 5.56 Å². The van der Waals surface area contributed by atoms with Crippen LogP contribution in [-0.2, 0) is 20.5 Å². The van der Waals surface area contributed by atoms with Gasteiger partial charge in [0.05, 0.1) is 35.5 Å². The molecule has 2 atom stereocenters. The number of β-amino-alcohol motifs (C(OH)–C–C–N with tert-alkyl or cyclic N) is 1. The van der Waals surface area contributed by atoms with Gasteiger partial charge in [-0.15, -0.1) is 0 Å². The molecule has 2 aliphatic heterocycles. The van der Waals surface area contributed by atoms with Crippen molar-refractivity contribution in [3.8, 4) is 28.3 Å². The van der Waals surface area contributed by atoms with Crippen LogP contribution in [0.15, 0.2) is 64.3 Å². The number of carbonyl (C=O) groups is 1. The summed E-state index contributed by atoms with van der Waals surface area (Å²) in [6.07, 6.45) is 5.10. The highest BCUT2D eigenvalue weighted by atomic mass is 35.5. The third kappa shape index (κ3) is 5.91. The molecule has 8 rings (SSSR count). The molecule has 0 bridgehead atoms. The zero-order valence-corrected chi connectivity index (χ0v) is 31.5. The number of halogens is 1. The van der Waals surface area contributed by atoms with Crippen molar-refractivity contribution in [1.82, 2.24) is 34.2 Å². The standard InChI is InChI=1S/C40H43ClN8O5/c1-23-25(7-6-10-28(23)43-35-33-30(13-16-42-35)46(2)39(53)47(3)37(33)51)26-8-5-9-27(34(26)41)29-21-24-11-12-31(32(24)36(44-29)54-4)49-18-15-40(22-49)14-17-48(19-20-50)38(52)45-40/h5-10,13,16,21,31,50H,11-12,14-15,17-20,22H2,1-4H3,(H,42,43)(H,45,52). The lowest BCUT2D eigenvalue weighted by Gasteiger charge is -2.40. The SMILES string of the molecule is COc1nc(-c2cccc(-c3cccc(Nc4nccc5c4c(=O)n(C)c(=O)n5C)c3C)c2Cl)cc2c1C(N1CCC3(CCN(CCO)C(=O)N3)C1)CC2. The molecule has 0 saturated carbocycles. The van der Waals surface area contributed by atoms with Crippen molar-refractivity contribution in [2.24, 2.45) is 14.1 Å². The number of aliphatic hydroxyl groups excluding tert-OH is 1. The van der Waals surface area contributed by atoms with Crippen molar-refractivity contribution in [2.45, 2.75) is 44.2 Å². The number of likely N-dealkylation sites (tertiary alicyclic amines) is 1. The molecule has 0 radical (unpaired) electrons. The molecule has 1 aliphatic carbocycles. The first-order chi connectivity index (χ1) is 26.0. The number of rotatable bonds is 8. The minimum absolute atomic E-state index is 0.0414. The Morgan fingerprint density at radius 3 is 2.57 bits per heavy atom. The van der Waals surface area contributed by atoms with Crippen molar-refractivity contribution in [2.75, 3.05) is 45.2 Å². The van der Waals surface area contributed by atoms with Crippen LogP contribution in [0, 0.1) is 6.92 Å². The zero-order chi connectivity index (χ0) is 37.9. The summed E-state index contributed by atoms with van der Waals surface area (Å²) in [6, 6.07) is 15.6. The number of hydrogen-bond acceptors (Lipinski definition) is 9. The van der Waals surface area contributed by atoms with Gasteiger partial charge in [-0.1, -0.05) is 41.9 Å². The number of carbonyl (C=O) groups excluding carboxylic acids is 1. The van der Waals surface area contributed by atoms with Crippen molar-refractivity contribution in [3.63, 3.8) is 0 Å². The molecule has 2 fully saturated rings. The molecule has 54 heavy (non-hydrogen) atoms. The molecule has 3 aromatic heterocycles. The van der Waals surface area contributed by atoms with E-state index in [-0.39, 0.29) is 24.2 Å². The molecule has 2 saturated heterocycles.